The van der Waals surface area contributed by atoms with Crippen LogP contribution in [-0.2, 0) is 6.61 Å². The number of aryl methyl sites for hydroxylation is 2. The first kappa shape index (κ1) is 19.5. The fourth-order valence-electron chi connectivity index (χ4n) is 2.80. The van der Waals surface area contributed by atoms with Gasteiger partial charge in [-0.25, -0.2) is 0 Å². The number of amides is 1. The molecule has 0 bridgehead atoms. The largest absolute Gasteiger partial charge is 0.491 e. The van der Waals surface area contributed by atoms with Gasteiger partial charge in [0.25, 0.3) is 5.91 Å². The average Bonchev–Trinajstić information content (AvgIpc) is 2.73. The molecule has 4 heteroatoms. The Hall–Kier alpha value is -3.27. The molecule has 0 spiro atoms. The monoisotopic (exact) mass is 375 g/mol. The number of benzene rings is 3. The summed E-state index contributed by atoms with van der Waals surface area (Å²) in [7, 11) is 0. The zero-order valence-corrected chi connectivity index (χ0v) is 16.3. The molecule has 0 aliphatic carbocycles. The van der Waals surface area contributed by atoms with E-state index in [1.54, 1.807) is 6.07 Å². The lowest BCUT2D eigenvalue weighted by Gasteiger charge is -2.13. The van der Waals surface area contributed by atoms with Gasteiger partial charge in [-0.05, 0) is 48.7 Å². The van der Waals surface area contributed by atoms with E-state index in [9.17, 15) is 4.79 Å². The third-order valence-electron chi connectivity index (χ3n) is 4.36. The van der Waals surface area contributed by atoms with Crippen LogP contribution in [0.15, 0.2) is 72.8 Å². The van der Waals surface area contributed by atoms with Crippen molar-refractivity contribution in [3.05, 3.63) is 95.1 Å². The topological polar surface area (TPSA) is 47.6 Å². The highest BCUT2D eigenvalue weighted by atomic mass is 16.5. The molecule has 0 heterocycles. The Morgan fingerprint density at radius 1 is 0.857 bits per heavy atom. The second-order valence-corrected chi connectivity index (χ2v) is 6.64. The quantitative estimate of drug-likeness (QED) is 0.581. The second-order valence-electron chi connectivity index (χ2n) is 6.64. The maximum absolute atomic E-state index is 12.6. The van der Waals surface area contributed by atoms with E-state index in [1.807, 2.05) is 74.5 Å². The van der Waals surface area contributed by atoms with E-state index in [4.69, 9.17) is 9.47 Å². The fourth-order valence-corrected chi connectivity index (χ4v) is 2.80. The van der Waals surface area contributed by atoms with Gasteiger partial charge in [0.2, 0.25) is 0 Å². The first-order valence-corrected chi connectivity index (χ1v) is 9.37. The lowest BCUT2D eigenvalue weighted by Crippen LogP contribution is -2.28. The molecule has 3 rings (SSSR count). The summed E-state index contributed by atoms with van der Waals surface area (Å²) in [6.07, 6.45) is 0. The van der Waals surface area contributed by atoms with Crippen LogP contribution in [-0.4, -0.2) is 19.1 Å². The SMILES string of the molecule is Cc1ccc(C)c(OCCNC(=O)c2ccccc2OCc2ccccc2)c1. The maximum Gasteiger partial charge on any atom is 0.255 e. The first-order valence-electron chi connectivity index (χ1n) is 9.37. The van der Waals surface area contributed by atoms with E-state index in [-0.39, 0.29) is 5.91 Å². The summed E-state index contributed by atoms with van der Waals surface area (Å²) in [5.74, 6) is 1.24. The van der Waals surface area contributed by atoms with Gasteiger partial charge in [0.1, 0.15) is 24.7 Å². The third-order valence-corrected chi connectivity index (χ3v) is 4.36. The molecule has 3 aromatic carbocycles. The zero-order chi connectivity index (χ0) is 19.8. The van der Waals surface area contributed by atoms with Crippen molar-refractivity contribution in [1.82, 2.24) is 5.32 Å². The molecule has 0 aliphatic heterocycles. The molecule has 0 saturated carbocycles. The minimum absolute atomic E-state index is 0.173. The average molecular weight is 375 g/mol. The summed E-state index contributed by atoms with van der Waals surface area (Å²) < 4.78 is 11.7. The number of para-hydroxylation sites is 1. The zero-order valence-electron chi connectivity index (χ0n) is 16.3. The normalized spacial score (nSPS) is 10.4. The lowest BCUT2D eigenvalue weighted by molar-refractivity contribution is 0.0942. The van der Waals surface area contributed by atoms with Gasteiger partial charge in [-0.3, -0.25) is 4.79 Å². The van der Waals surface area contributed by atoms with E-state index in [0.29, 0.717) is 31.1 Å². The highest BCUT2D eigenvalue weighted by molar-refractivity contribution is 5.96. The van der Waals surface area contributed by atoms with Crippen LogP contribution >= 0.6 is 0 Å². The number of hydrogen-bond acceptors (Lipinski definition) is 3. The predicted molar refractivity (Wildman–Crippen MR) is 111 cm³/mol. The highest BCUT2D eigenvalue weighted by Crippen LogP contribution is 2.20. The molecule has 28 heavy (non-hydrogen) atoms. The molecular formula is C24H25NO3. The minimum atomic E-state index is -0.173. The molecule has 0 radical (unpaired) electrons. The van der Waals surface area contributed by atoms with Gasteiger partial charge in [-0.2, -0.15) is 0 Å². The summed E-state index contributed by atoms with van der Waals surface area (Å²) in [5.41, 5.74) is 3.80. The Bertz CT molecular complexity index is 922. The summed E-state index contributed by atoms with van der Waals surface area (Å²) in [5, 5.41) is 2.90. The van der Waals surface area contributed by atoms with Crippen LogP contribution in [0.1, 0.15) is 27.0 Å². The van der Waals surface area contributed by atoms with Gasteiger partial charge in [0.15, 0.2) is 0 Å². The third kappa shape index (κ3) is 5.36. The number of nitrogens with one attached hydrogen (secondary N) is 1. The molecule has 0 aromatic heterocycles. The van der Waals surface area contributed by atoms with Crippen LogP contribution in [0.4, 0.5) is 0 Å². The van der Waals surface area contributed by atoms with E-state index >= 15 is 0 Å². The van der Waals surface area contributed by atoms with Crippen molar-refractivity contribution in [1.29, 1.82) is 0 Å². The number of hydrogen-bond donors (Lipinski definition) is 1. The number of carbonyl (C=O) groups excluding carboxylic acids is 1. The molecular weight excluding hydrogens is 350 g/mol. The molecule has 4 nitrogen and oxygen atoms in total. The summed E-state index contributed by atoms with van der Waals surface area (Å²) in [6.45, 7) is 5.28. The Morgan fingerprint density at radius 2 is 1.61 bits per heavy atom. The van der Waals surface area contributed by atoms with Crippen molar-refractivity contribution in [3.8, 4) is 11.5 Å². The standard InChI is InChI=1S/C24H25NO3/c1-18-12-13-19(2)23(16-18)27-15-14-25-24(26)21-10-6-7-11-22(21)28-17-20-8-4-3-5-9-20/h3-13,16H,14-15,17H2,1-2H3,(H,25,26). The van der Waals surface area contributed by atoms with Gasteiger partial charge in [-0.1, -0.05) is 54.6 Å². The predicted octanol–water partition coefficient (Wildman–Crippen LogP) is 4.69. The van der Waals surface area contributed by atoms with E-state index < -0.39 is 0 Å². The summed E-state index contributed by atoms with van der Waals surface area (Å²) in [6, 6.07) is 23.2. The lowest BCUT2D eigenvalue weighted by atomic mass is 10.1. The molecule has 1 amide bonds. The number of carbonyl (C=O) groups is 1. The summed E-state index contributed by atoms with van der Waals surface area (Å²) in [4.78, 5) is 12.6. The molecule has 0 fully saturated rings. The molecule has 144 valence electrons. The van der Waals surface area contributed by atoms with Crippen molar-refractivity contribution < 1.29 is 14.3 Å². The number of ether oxygens (including phenoxy) is 2. The van der Waals surface area contributed by atoms with Crippen LogP contribution in [0.25, 0.3) is 0 Å². The van der Waals surface area contributed by atoms with Gasteiger partial charge in [0, 0.05) is 0 Å². The smallest absolute Gasteiger partial charge is 0.255 e. The van der Waals surface area contributed by atoms with Crippen molar-refractivity contribution in [3.63, 3.8) is 0 Å². The Balaban J connectivity index is 1.53. The molecule has 0 saturated heterocycles. The Morgan fingerprint density at radius 3 is 2.43 bits per heavy atom. The van der Waals surface area contributed by atoms with Crippen LogP contribution < -0.4 is 14.8 Å². The van der Waals surface area contributed by atoms with E-state index in [1.165, 1.54) is 0 Å². The van der Waals surface area contributed by atoms with Crippen molar-refractivity contribution in [2.45, 2.75) is 20.5 Å². The Labute approximate surface area is 166 Å². The molecule has 0 aliphatic rings. The van der Waals surface area contributed by atoms with Gasteiger partial charge < -0.3 is 14.8 Å². The van der Waals surface area contributed by atoms with Crippen LogP contribution in [0.2, 0.25) is 0 Å². The van der Waals surface area contributed by atoms with Crippen molar-refractivity contribution >= 4 is 5.91 Å². The molecule has 1 N–H and O–H groups in total. The highest BCUT2D eigenvalue weighted by Gasteiger charge is 2.12. The van der Waals surface area contributed by atoms with Crippen LogP contribution in [0.5, 0.6) is 11.5 Å². The summed E-state index contributed by atoms with van der Waals surface area (Å²) >= 11 is 0. The fraction of sp³-hybridized carbons (Fsp3) is 0.208. The molecule has 0 atom stereocenters. The Kier molecular flexibility index (Phi) is 6.68. The minimum Gasteiger partial charge on any atom is -0.491 e. The number of rotatable bonds is 8. The molecule has 3 aromatic rings. The van der Waals surface area contributed by atoms with Crippen molar-refractivity contribution in [2.75, 3.05) is 13.2 Å². The van der Waals surface area contributed by atoms with Gasteiger partial charge >= 0.3 is 0 Å². The van der Waals surface area contributed by atoms with E-state index in [0.717, 1.165) is 22.4 Å². The van der Waals surface area contributed by atoms with Gasteiger partial charge in [-0.15, -0.1) is 0 Å². The maximum atomic E-state index is 12.6. The molecule has 0 unspecified atom stereocenters. The van der Waals surface area contributed by atoms with E-state index in [2.05, 4.69) is 11.4 Å². The van der Waals surface area contributed by atoms with Crippen LogP contribution in [0, 0.1) is 13.8 Å². The van der Waals surface area contributed by atoms with Crippen LogP contribution in [0.3, 0.4) is 0 Å². The second kappa shape index (κ2) is 9.60. The van der Waals surface area contributed by atoms with Gasteiger partial charge in [0.05, 0.1) is 12.1 Å². The van der Waals surface area contributed by atoms with Crippen molar-refractivity contribution in [2.24, 2.45) is 0 Å². The first-order chi connectivity index (χ1) is 13.6.